The fourth-order valence-electron chi connectivity index (χ4n) is 10.8. The second-order valence-corrected chi connectivity index (χ2v) is 18.1. The average Bonchev–Trinajstić information content (AvgIpc) is 3.67. The van der Waals surface area contributed by atoms with Crippen LogP contribution in [-0.4, -0.2) is 70.0 Å². The summed E-state index contributed by atoms with van der Waals surface area (Å²) in [5.41, 5.74) is 5.19. The quantitative estimate of drug-likeness (QED) is 0.210. The number of esters is 1. The van der Waals surface area contributed by atoms with E-state index in [1.807, 2.05) is 19.9 Å². The fourth-order valence-corrected chi connectivity index (χ4v) is 10.8. The maximum atomic E-state index is 12.5. The highest BCUT2D eigenvalue weighted by Gasteiger charge is 2.64. The van der Waals surface area contributed by atoms with Crippen LogP contribution in [0.4, 0.5) is 0 Å². The van der Waals surface area contributed by atoms with E-state index < -0.39 is 23.3 Å². The van der Waals surface area contributed by atoms with Crippen molar-refractivity contribution < 1.29 is 34.0 Å². The number of aliphatic imine (C=N–C) groups is 1. The Kier molecular flexibility index (Phi) is 9.95. The molecule has 1 aliphatic carbocycles. The van der Waals surface area contributed by atoms with Crippen LogP contribution in [0, 0.1) is 29.1 Å². The maximum absolute atomic E-state index is 12.5. The summed E-state index contributed by atoms with van der Waals surface area (Å²) in [5, 5.41) is 23.6. The van der Waals surface area contributed by atoms with Crippen molar-refractivity contribution >= 4 is 11.7 Å². The summed E-state index contributed by atoms with van der Waals surface area (Å²) in [6.45, 7) is 20.2. The van der Waals surface area contributed by atoms with Crippen molar-refractivity contribution in [2.24, 2.45) is 34.1 Å². The lowest BCUT2D eigenvalue weighted by molar-refractivity contribution is -0.387. The van der Waals surface area contributed by atoms with E-state index in [1.165, 1.54) is 22.4 Å². The van der Waals surface area contributed by atoms with Gasteiger partial charge < -0.3 is 29.2 Å². The van der Waals surface area contributed by atoms with Crippen molar-refractivity contribution in [3.05, 3.63) is 46.6 Å². The van der Waals surface area contributed by atoms with Gasteiger partial charge in [-0.2, -0.15) is 0 Å². The topological polar surface area (TPSA) is 107 Å². The highest BCUT2D eigenvalue weighted by molar-refractivity contribution is 5.92. The number of aliphatic hydroxyl groups excluding tert-OH is 1. The summed E-state index contributed by atoms with van der Waals surface area (Å²) in [6.07, 6.45) is 13.1. The Morgan fingerprint density at radius 1 is 0.941 bits per heavy atom. The number of rotatable bonds is 1. The second-order valence-electron chi connectivity index (χ2n) is 18.1. The van der Waals surface area contributed by atoms with Crippen LogP contribution in [0.5, 0.6) is 0 Å². The smallest absolute Gasteiger partial charge is 0.334 e. The molecule has 0 aromatic heterocycles. The van der Waals surface area contributed by atoms with Crippen LogP contribution < -0.4 is 0 Å². The van der Waals surface area contributed by atoms with E-state index in [1.54, 1.807) is 0 Å². The number of nitrogens with zero attached hydrogens (tertiary/aromatic N) is 1. The van der Waals surface area contributed by atoms with Crippen molar-refractivity contribution in [3.63, 3.8) is 0 Å². The number of cyclic esters (lactones) is 1. The Morgan fingerprint density at radius 2 is 1.73 bits per heavy atom. The lowest BCUT2D eigenvalue weighted by Crippen LogP contribution is -2.60. The van der Waals surface area contributed by atoms with Gasteiger partial charge in [0.1, 0.15) is 11.7 Å². The van der Waals surface area contributed by atoms with Gasteiger partial charge in [0.2, 0.25) is 5.79 Å². The molecule has 8 heteroatoms. The van der Waals surface area contributed by atoms with Gasteiger partial charge in [0.25, 0.3) is 0 Å². The highest BCUT2D eigenvalue weighted by Crippen LogP contribution is 2.57. The van der Waals surface area contributed by atoms with Crippen molar-refractivity contribution in [1.29, 1.82) is 0 Å². The lowest BCUT2D eigenvalue weighted by Gasteiger charge is -2.49. The third-order valence-electron chi connectivity index (χ3n) is 14.3. The van der Waals surface area contributed by atoms with Gasteiger partial charge in [-0.1, -0.05) is 44.6 Å². The molecule has 7 rings (SSSR count). The number of hydrogen-bond donors (Lipinski definition) is 2. The zero-order valence-corrected chi connectivity index (χ0v) is 32.3. The largest absolute Gasteiger partial charge is 0.450 e. The van der Waals surface area contributed by atoms with Crippen LogP contribution >= 0.6 is 0 Å². The number of fused-ring (bicyclic) bond motifs is 2. The monoisotopic (exact) mass is 705 g/mol. The zero-order valence-electron chi connectivity index (χ0n) is 32.3. The molecule has 282 valence electrons. The highest BCUT2D eigenvalue weighted by atomic mass is 16.8. The van der Waals surface area contributed by atoms with Crippen LogP contribution in [-0.2, 0) is 23.7 Å². The van der Waals surface area contributed by atoms with E-state index in [4.69, 9.17) is 23.9 Å². The Hall–Kier alpha value is -2.10. The van der Waals surface area contributed by atoms with Crippen molar-refractivity contribution in [2.45, 2.75) is 174 Å². The standard InChI is InChI=1S/C43H63NO7/c1-25-10-9-11-38-41(22-28(4)30(6)24-44-38)15-13-33(37-20-27(3)39(46)48-37)31(7)34(41)19-26(2)35(45)21-36-29(5)23-42(50-36)16-17-43(51-42)40(8,47)14-12-32(18-25)49-43/h19-20,28-30,32,34-37,45,47H,1,9-18,21-24H2,2-8H3/b26-19+/t28-,29+,30-,32-,34-,35-,36+,37?,40+,41+,42-,43+/m0/s1. The fraction of sp³-hybridized carbons (Fsp3) is 0.767. The van der Waals surface area contributed by atoms with E-state index >= 15 is 0 Å². The molecule has 6 heterocycles. The van der Waals surface area contributed by atoms with Crippen LogP contribution in [0.2, 0.25) is 0 Å². The molecule has 0 aromatic rings. The molecule has 1 unspecified atom stereocenters. The minimum Gasteiger partial charge on any atom is -0.450 e. The first-order valence-corrected chi connectivity index (χ1v) is 20.0. The Morgan fingerprint density at radius 3 is 2.47 bits per heavy atom. The summed E-state index contributed by atoms with van der Waals surface area (Å²) in [7, 11) is 0. The second kappa shape index (κ2) is 13.6. The molecule has 4 bridgehead atoms. The third kappa shape index (κ3) is 6.68. The van der Waals surface area contributed by atoms with E-state index in [0.29, 0.717) is 49.5 Å². The summed E-state index contributed by atoms with van der Waals surface area (Å²) >= 11 is 0. The van der Waals surface area contributed by atoms with Crippen LogP contribution in [0.1, 0.15) is 132 Å². The van der Waals surface area contributed by atoms with Gasteiger partial charge in [0.05, 0.1) is 18.3 Å². The minimum atomic E-state index is -1.12. The molecule has 51 heavy (non-hydrogen) atoms. The Bertz CT molecular complexity index is 1540. The molecular formula is C43H63NO7. The predicted octanol–water partition coefficient (Wildman–Crippen LogP) is 8.07. The molecule has 0 saturated carbocycles. The van der Waals surface area contributed by atoms with Crippen LogP contribution in [0.15, 0.2) is 51.6 Å². The summed E-state index contributed by atoms with van der Waals surface area (Å²) in [4.78, 5) is 18.0. The van der Waals surface area contributed by atoms with E-state index in [9.17, 15) is 15.0 Å². The number of carbonyl (C=O) groups excluding carboxylic acids is 1. The van der Waals surface area contributed by atoms with Gasteiger partial charge in [-0.3, -0.25) is 4.99 Å². The zero-order chi connectivity index (χ0) is 36.5. The first-order chi connectivity index (χ1) is 24.1. The lowest BCUT2D eigenvalue weighted by atomic mass is 9.56. The van der Waals surface area contributed by atoms with Crippen LogP contribution in [0.25, 0.3) is 0 Å². The van der Waals surface area contributed by atoms with Gasteiger partial charge in [-0.25, -0.2) is 4.79 Å². The molecular weight excluding hydrogens is 642 g/mol. The summed E-state index contributed by atoms with van der Waals surface area (Å²) in [5.74, 6) is -1.04. The number of ether oxygens (including phenoxy) is 4. The number of aliphatic hydroxyl groups is 2. The van der Waals surface area contributed by atoms with Gasteiger partial charge in [-0.15, -0.1) is 0 Å². The molecule has 3 fully saturated rings. The normalized spacial score (nSPS) is 47.8. The first-order valence-electron chi connectivity index (χ1n) is 20.0. The van der Waals surface area contributed by atoms with Gasteiger partial charge >= 0.3 is 5.97 Å². The summed E-state index contributed by atoms with van der Waals surface area (Å²) in [6, 6.07) is 0. The summed E-state index contributed by atoms with van der Waals surface area (Å²) < 4.78 is 26.3. The first kappa shape index (κ1) is 37.2. The average molecular weight is 706 g/mol. The van der Waals surface area contributed by atoms with Gasteiger partial charge in [0.15, 0.2) is 5.79 Å². The molecule has 0 radical (unpaired) electrons. The minimum absolute atomic E-state index is 0.0156. The van der Waals surface area contributed by atoms with Crippen molar-refractivity contribution in [1.82, 2.24) is 0 Å². The molecule has 6 aliphatic heterocycles. The van der Waals surface area contributed by atoms with E-state index in [2.05, 4.69) is 47.3 Å². The molecule has 8 nitrogen and oxygen atoms in total. The molecule has 0 amide bonds. The number of hydrogen-bond acceptors (Lipinski definition) is 8. The van der Waals surface area contributed by atoms with Gasteiger partial charge in [0, 0.05) is 54.8 Å². The Labute approximate surface area is 305 Å². The molecule has 2 N–H and O–H groups in total. The van der Waals surface area contributed by atoms with E-state index in [-0.39, 0.29) is 41.5 Å². The molecule has 3 saturated heterocycles. The van der Waals surface area contributed by atoms with Crippen LogP contribution in [0.3, 0.4) is 0 Å². The SMILES string of the molecule is C=C1CCCC2=NC[C@H](C)[C@@H](C)C[C@@]23CCC(C2C=C(C)C(=O)O2)=C(C)[C@@H]3/C=C(\C)[C@@H](O)C[C@H]2O[C@]3(CC[C@@]4(O[C@@H](CC[C@@]4(C)O)C1)O3)C[C@H]2C. The molecule has 7 aliphatic rings. The number of carbonyl (C=O) groups is 1. The van der Waals surface area contributed by atoms with Gasteiger partial charge in [-0.05, 0) is 120 Å². The van der Waals surface area contributed by atoms with Crippen molar-refractivity contribution in [2.75, 3.05) is 6.54 Å². The Balaban J connectivity index is 1.28. The third-order valence-corrected chi connectivity index (χ3v) is 14.3. The van der Waals surface area contributed by atoms with E-state index in [0.717, 1.165) is 63.5 Å². The molecule has 0 aromatic carbocycles. The number of allylic oxidation sites excluding steroid dienone is 2. The molecule has 3 spiro atoms. The maximum Gasteiger partial charge on any atom is 0.334 e. The molecule has 12 atom stereocenters. The predicted molar refractivity (Wildman–Crippen MR) is 198 cm³/mol. The van der Waals surface area contributed by atoms with Crippen molar-refractivity contribution in [3.8, 4) is 0 Å².